The zero-order chi connectivity index (χ0) is 83.5. The molecule has 0 saturated heterocycles. The number of aromatic nitrogens is 4. The quantitative estimate of drug-likeness (QED) is 0.0505. The topological polar surface area (TPSA) is 93.5 Å². The second-order valence-electron chi connectivity index (χ2n) is 27.6. The predicted molar refractivity (Wildman–Crippen MR) is 532 cm³/mol. The van der Waals surface area contributed by atoms with Crippen LogP contribution in [0, 0.1) is 3.57 Å². The molecule has 121 heavy (non-hydrogen) atoms. The number of halogens is 3. The molecule has 0 aliphatic carbocycles. The van der Waals surface area contributed by atoms with E-state index in [2.05, 4.69) is 453 Å². The van der Waals surface area contributed by atoms with Crippen LogP contribution in [0.5, 0.6) is 11.5 Å². The molecule has 0 atom stereocenters. The van der Waals surface area contributed by atoms with Crippen LogP contribution in [0.25, 0.3) is 22.4 Å². The average molecular weight is 1990 g/mol. The van der Waals surface area contributed by atoms with E-state index < -0.39 is 38.8 Å². The minimum absolute atomic E-state index is 0. The molecule has 0 bridgehead atoms. The van der Waals surface area contributed by atoms with E-state index in [0.717, 1.165) is 43.1 Å². The van der Waals surface area contributed by atoms with Crippen LogP contribution in [-0.2, 0) is 20.4 Å². The fourth-order valence-electron chi connectivity index (χ4n) is 12.7. The molecule has 14 aromatic carbocycles. The Morgan fingerprint density at radius 3 is 0.711 bits per heavy atom. The van der Waals surface area contributed by atoms with Crippen LogP contribution in [0.3, 0.4) is 0 Å². The number of rotatable bonds is 18. The molecule has 2 N–H and O–H groups in total. The van der Waals surface area contributed by atoms with Crippen molar-refractivity contribution in [3.63, 3.8) is 0 Å². The van der Waals surface area contributed by atoms with Gasteiger partial charge in [0, 0.05) is 36.4 Å². The molecule has 0 aliphatic heterocycles. The maximum absolute atomic E-state index is 8.81. The van der Waals surface area contributed by atoms with E-state index in [1.807, 2.05) is 73.0 Å². The second-order valence-corrected chi connectivity index (χ2v) is 39.3. The van der Waals surface area contributed by atoms with Crippen molar-refractivity contribution in [2.45, 2.75) is 39.9 Å². The third-order valence-corrected chi connectivity index (χ3v) is 29.8. The van der Waals surface area contributed by atoms with Gasteiger partial charge < -0.3 is 19.5 Å². The Bertz CT molecular complexity index is 5090. The minimum atomic E-state index is -1.41. The summed E-state index contributed by atoms with van der Waals surface area (Å²) in [5, 5.41) is 34.4. The molecule has 18 aromatic rings. The van der Waals surface area contributed by atoms with Gasteiger partial charge in [-0.25, -0.2) is 9.97 Å². The Labute approximate surface area is 762 Å². The number of hydrogen-bond acceptors (Lipinski definition) is 6. The first-order valence-electron chi connectivity index (χ1n) is 39.4. The first-order chi connectivity index (χ1) is 58.8. The van der Waals surface area contributed by atoms with Crippen LogP contribution in [0.4, 0.5) is 0 Å². The summed E-state index contributed by atoms with van der Waals surface area (Å²) in [6.45, 7) is 7.93. The van der Waals surface area contributed by atoms with Gasteiger partial charge in [0.25, 0.3) is 0 Å². The van der Waals surface area contributed by atoms with Crippen LogP contribution < -0.4 is 78.6 Å². The summed E-state index contributed by atoms with van der Waals surface area (Å²) < 4.78 is 18.2. The Morgan fingerprint density at radius 2 is 0.488 bits per heavy atom. The molecule has 0 unspecified atom stereocenters. The summed E-state index contributed by atoms with van der Waals surface area (Å²) in [7, 11) is -3.19. The average Bonchev–Trinajstić information content (AvgIpc) is 1.54. The predicted octanol–water partition coefficient (Wildman–Crippen LogP) is 21.2. The molecule has 0 radical (unpaired) electrons. The molecule has 4 aromatic heterocycles. The maximum Gasteiger partial charge on any atom is 0.488 e. The van der Waals surface area contributed by atoms with Gasteiger partial charge in [0.15, 0.2) is 0 Å². The van der Waals surface area contributed by atoms with E-state index in [-0.39, 0.29) is 32.6 Å². The van der Waals surface area contributed by atoms with Crippen LogP contribution >= 0.6 is 86.1 Å². The summed E-state index contributed by atoms with van der Waals surface area (Å²) in [5.41, 5.74) is 4.67. The zero-order valence-corrected chi connectivity index (χ0v) is 77.8. The Morgan fingerprint density at radius 1 is 0.281 bits per heavy atom. The number of fused-ring (bicyclic) bond motifs is 2. The van der Waals surface area contributed by atoms with Gasteiger partial charge in [0.1, 0.15) is 32.0 Å². The van der Waals surface area contributed by atoms with Crippen LogP contribution in [0.15, 0.2) is 471 Å². The molecule has 17 heteroatoms. The fourth-order valence-corrected chi connectivity index (χ4v) is 23.2. The summed E-state index contributed by atoms with van der Waals surface area (Å²) in [6.07, 6.45) is 8.03. The van der Waals surface area contributed by atoms with E-state index in [4.69, 9.17) is 19.5 Å². The number of hydrogen-bond donors (Lipinski definition) is 2. The van der Waals surface area contributed by atoms with Gasteiger partial charge in [0.2, 0.25) is 0 Å². The molecule has 18 rings (SSSR count). The normalized spacial score (nSPS) is 10.6. The number of ether oxygens (including phenoxy) is 2. The van der Waals surface area contributed by atoms with E-state index in [0.29, 0.717) is 5.46 Å². The Hall–Kier alpha value is -9.88. The van der Waals surface area contributed by atoms with Crippen molar-refractivity contribution in [1.29, 1.82) is 0 Å². The van der Waals surface area contributed by atoms with Gasteiger partial charge in [-0.3, -0.25) is 8.80 Å². The first-order valence-corrected chi connectivity index (χ1v) is 47.4. The third-order valence-electron chi connectivity index (χ3n) is 18.2. The van der Waals surface area contributed by atoms with Crippen molar-refractivity contribution < 1.29 is 39.9 Å². The van der Waals surface area contributed by atoms with Gasteiger partial charge in [-0.2, -0.15) is 0 Å². The summed E-state index contributed by atoms with van der Waals surface area (Å²) in [4.78, 5) is 8.47. The molecule has 4 heterocycles. The molecule has 0 spiro atoms. The zero-order valence-electron chi connectivity index (χ0n) is 67.3. The van der Waals surface area contributed by atoms with E-state index in [9.17, 15) is 0 Å². The van der Waals surface area contributed by atoms with Gasteiger partial charge in [-0.1, -0.05) is 388 Å². The monoisotopic (exact) mass is 1990 g/mol. The standard InChI is InChI=1S/4C18H15P.C16H15BrN2O.C9H13BO3.C7H4BrIN2.Pd/c4*1-4-10-16(11-5-1)19(17-12-6-2-7-13-17)18-14-8-3-9-15-18;1-11(2)20-14-6-3-12(4-7-14)13-5-8-16-18-9-15(17)19(16)10-13;1-7(2)13-9-5-3-8(4-6-9)10(11)12;8-6-3-10-7-2-1-5(9)4-11(6)7;/h4*1-15H;3-11H,1-2H3;3-7,11-12H,1-2H3;1-4H;. The van der Waals surface area contributed by atoms with Gasteiger partial charge >= 0.3 is 7.12 Å². The number of nitrogens with zero attached hydrogens (tertiary/aromatic N) is 4. The second kappa shape index (κ2) is 49.3. The van der Waals surface area contributed by atoms with Crippen molar-refractivity contribution in [2.24, 2.45) is 0 Å². The SMILES string of the molecule is Brc1cnc2ccc(I)cn12.CC(C)Oc1ccc(-c2ccc3ncc(Br)n3c2)cc1.CC(C)Oc1ccc(B(O)O)cc1.[Pd].c1ccc(P(c2ccccc2)c2ccccc2)cc1.c1ccc(P(c2ccccc2)c2ccccc2)cc1.c1ccc(P(c2ccccc2)c2ccccc2)cc1.c1ccc(P(c2ccccc2)c2ccccc2)cc1. The third kappa shape index (κ3) is 28.1. The summed E-state index contributed by atoms with van der Waals surface area (Å²) in [6, 6.07) is 152. The molecular formula is C104H92BBr2IN4O4P4Pd. The summed E-state index contributed by atoms with van der Waals surface area (Å²) in [5.74, 6) is 1.63. The Balaban J connectivity index is 0.000000139. The molecule has 0 amide bonds. The van der Waals surface area contributed by atoms with E-state index >= 15 is 0 Å². The van der Waals surface area contributed by atoms with Crippen LogP contribution in [0.1, 0.15) is 27.7 Å². The van der Waals surface area contributed by atoms with Crippen molar-refractivity contribution in [3.8, 4) is 22.6 Å². The maximum atomic E-state index is 8.81. The molecule has 8 nitrogen and oxygen atoms in total. The van der Waals surface area contributed by atoms with E-state index in [1.54, 1.807) is 36.7 Å². The van der Waals surface area contributed by atoms with Crippen LogP contribution in [0.2, 0.25) is 0 Å². The number of imidazole rings is 2. The van der Waals surface area contributed by atoms with Crippen molar-refractivity contribution in [3.05, 3.63) is 474 Å². The van der Waals surface area contributed by atoms with E-state index in [1.165, 1.54) is 67.2 Å². The number of benzene rings is 14. The van der Waals surface area contributed by atoms with Crippen LogP contribution in [-0.4, -0.2) is 48.1 Å². The van der Waals surface area contributed by atoms with Gasteiger partial charge in [-0.05, 0) is 243 Å². The smallest absolute Gasteiger partial charge is 0.488 e. The molecule has 606 valence electrons. The molecule has 0 fully saturated rings. The summed E-state index contributed by atoms with van der Waals surface area (Å²) >= 11 is 9.16. The van der Waals surface area contributed by atoms with Gasteiger partial charge in [-0.15, -0.1) is 0 Å². The van der Waals surface area contributed by atoms with Crippen molar-refractivity contribution >= 4 is 174 Å². The Kier molecular flexibility index (Phi) is 37.4. The molecular weight excluding hydrogens is 1900 g/mol. The van der Waals surface area contributed by atoms with Gasteiger partial charge in [0.05, 0.1) is 24.6 Å². The first kappa shape index (κ1) is 91.9. The van der Waals surface area contributed by atoms with Crippen molar-refractivity contribution in [1.82, 2.24) is 18.8 Å². The fraction of sp³-hybridized carbons (Fsp3) is 0.0577. The number of pyridine rings is 2. The molecule has 0 aliphatic rings. The largest absolute Gasteiger partial charge is 0.491 e. The van der Waals surface area contributed by atoms with Crippen molar-refractivity contribution in [2.75, 3.05) is 0 Å². The minimum Gasteiger partial charge on any atom is -0.491 e. The molecule has 0 saturated carbocycles.